The first kappa shape index (κ1) is 12.4. The molecule has 3 aromatic heterocycles. The van der Waals surface area contributed by atoms with Crippen LogP contribution in [0, 0.1) is 12.3 Å². The van der Waals surface area contributed by atoms with Gasteiger partial charge in [-0.25, -0.2) is 4.98 Å². The van der Waals surface area contributed by atoms with Crippen LogP contribution in [0.3, 0.4) is 0 Å². The highest BCUT2D eigenvalue weighted by molar-refractivity contribution is 5.85. The van der Waals surface area contributed by atoms with Gasteiger partial charge in [-0.05, 0) is 12.1 Å². The zero-order valence-electron chi connectivity index (χ0n) is 11.4. The largest absolute Gasteiger partial charge is 0.451 e. The molecule has 0 bridgehead atoms. The number of terminal acetylenes is 1. The maximum atomic E-state index is 5.48. The Labute approximate surface area is 125 Å². The Morgan fingerprint density at radius 1 is 1.27 bits per heavy atom. The van der Waals surface area contributed by atoms with E-state index in [1.165, 1.54) is 12.7 Å². The van der Waals surface area contributed by atoms with Crippen LogP contribution in [0.4, 0.5) is 0 Å². The molecule has 3 heterocycles. The Morgan fingerprint density at radius 3 is 3.00 bits per heavy atom. The first-order valence-electron chi connectivity index (χ1n) is 6.61. The van der Waals surface area contributed by atoms with Crippen LogP contribution in [0.2, 0.25) is 0 Å². The summed E-state index contributed by atoms with van der Waals surface area (Å²) in [5.74, 6) is 3.42. The molecule has 0 atom stereocenters. The van der Waals surface area contributed by atoms with Crippen LogP contribution in [0.15, 0.2) is 51.9 Å². The van der Waals surface area contributed by atoms with Gasteiger partial charge in [-0.2, -0.15) is 4.98 Å². The van der Waals surface area contributed by atoms with Crippen molar-refractivity contribution in [2.45, 2.75) is 6.54 Å². The number of oxazole rings is 1. The molecule has 4 aromatic rings. The third-order valence-corrected chi connectivity index (χ3v) is 3.37. The fraction of sp³-hybridized carbons (Fsp3) is 0.0625. The van der Waals surface area contributed by atoms with E-state index in [2.05, 4.69) is 21.0 Å². The van der Waals surface area contributed by atoms with Gasteiger partial charge in [-0.15, -0.1) is 6.42 Å². The van der Waals surface area contributed by atoms with Crippen LogP contribution in [-0.4, -0.2) is 19.7 Å². The highest BCUT2D eigenvalue weighted by atomic mass is 16.5. The molecule has 1 aromatic carbocycles. The molecule has 0 saturated heterocycles. The summed E-state index contributed by atoms with van der Waals surface area (Å²) in [4.78, 5) is 8.38. The number of aromatic nitrogens is 4. The van der Waals surface area contributed by atoms with Gasteiger partial charge in [-0.1, -0.05) is 29.3 Å². The first-order valence-corrected chi connectivity index (χ1v) is 6.61. The molecule has 0 saturated carbocycles. The van der Waals surface area contributed by atoms with E-state index in [9.17, 15) is 0 Å². The van der Waals surface area contributed by atoms with E-state index in [1.54, 1.807) is 0 Å². The van der Waals surface area contributed by atoms with Gasteiger partial charge in [0.2, 0.25) is 5.82 Å². The Morgan fingerprint density at radius 2 is 2.18 bits per heavy atom. The highest BCUT2D eigenvalue weighted by Gasteiger charge is 2.17. The second kappa shape index (κ2) is 4.90. The van der Waals surface area contributed by atoms with Gasteiger partial charge in [0.1, 0.15) is 17.7 Å². The van der Waals surface area contributed by atoms with Crippen molar-refractivity contribution in [2.24, 2.45) is 0 Å². The third-order valence-electron chi connectivity index (χ3n) is 3.37. The van der Waals surface area contributed by atoms with E-state index in [0.29, 0.717) is 24.0 Å². The van der Waals surface area contributed by atoms with Crippen molar-refractivity contribution in [1.82, 2.24) is 19.7 Å². The van der Waals surface area contributed by atoms with Crippen LogP contribution in [0.5, 0.6) is 0 Å². The topological polar surface area (TPSA) is 69.9 Å². The lowest BCUT2D eigenvalue weighted by atomic mass is 10.2. The smallest absolute Gasteiger partial charge is 0.274 e. The normalized spacial score (nSPS) is 10.9. The van der Waals surface area contributed by atoms with Gasteiger partial charge in [-0.3, -0.25) is 0 Å². The van der Waals surface area contributed by atoms with Crippen molar-refractivity contribution >= 4 is 10.9 Å². The second-order valence-corrected chi connectivity index (χ2v) is 4.68. The van der Waals surface area contributed by atoms with E-state index < -0.39 is 0 Å². The van der Waals surface area contributed by atoms with Gasteiger partial charge in [0.15, 0.2) is 6.39 Å². The number of hydrogen-bond donors (Lipinski definition) is 0. The number of hydrogen-bond acceptors (Lipinski definition) is 5. The van der Waals surface area contributed by atoms with Crippen LogP contribution in [0.25, 0.3) is 34.0 Å². The Hall–Kier alpha value is -3.33. The van der Waals surface area contributed by atoms with E-state index in [1.807, 2.05) is 34.9 Å². The van der Waals surface area contributed by atoms with E-state index in [4.69, 9.17) is 15.4 Å². The van der Waals surface area contributed by atoms with Crippen molar-refractivity contribution in [2.75, 3.05) is 0 Å². The summed E-state index contributed by atoms with van der Waals surface area (Å²) in [5, 5.41) is 5.00. The van der Waals surface area contributed by atoms with E-state index in [0.717, 1.165) is 16.6 Å². The quantitative estimate of drug-likeness (QED) is 0.542. The van der Waals surface area contributed by atoms with Crippen molar-refractivity contribution in [3.8, 4) is 35.4 Å². The monoisotopic (exact) mass is 290 g/mol. The van der Waals surface area contributed by atoms with Gasteiger partial charge < -0.3 is 13.5 Å². The molecule has 0 N–H and O–H groups in total. The van der Waals surface area contributed by atoms with Gasteiger partial charge >= 0.3 is 0 Å². The minimum Gasteiger partial charge on any atom is -0.451 e. The summed E-state index contributed by atoms with van der Waals surface area (Å²) in [6.07, 6.45) is 8.26. The van der Waals surface area contributed by atoms with E-state index in [-0.39, 0.29) is 0 Å². The third kappa shape index (κ3) is 1.88. The Bertz CT molecular complexity index is 973. The molecule has 0 radical (unpaired) electrons. The summed E-state index contributed by atoms with van der Waals surface area (Å²) < 4.78 is 12.3. The van der Waals surface area contributed by atoms with Gasteiger partial charge in [0.05, 0.1) is 6.54 Å². The maximum absolute atomic E-state index is 5.48. The molecule has 0 aliphatic rings. The first-order chi connectivity index (χ1) is 10.9. The molecular formula is C16H10N4O2. The minimum atomic E-state index is 0.376. The molecule has 22 heavy (non-hydrogen) atoms. The molecule has 6 heteroatoms. The van der Waals surface area contributed by atoms with Gasteiger partial charge in [0.25, 0.3) is 5.89 Å². The molecule has 0 fully saturated rings. The van der Waals surface area contributed by atoms with E-state index >= 15 is 0 Å². The maximum Gasteiger partial charge on any atom is 0.274 e. The fourth-order valence-electron chi connectivity index (χ4n) is 2.40. The van der Waals surface area contributed by atoms with Crippen LogP contribution < -0.4 is 0 Å². The predicted octanol–water partition coefficient (Wildman–Crippen LogP) is 2.98. The van der Waals surface area contributed by atoms with Crippen molar-refractivity contribution in [3.05, 3.63) is 43.0 Å². The van der Waals surface area contributed by atoms with Gasteiger partial charge in [0, 0.05) is 10.9 Å². The molecule has 0 amide bonds. The summed E-state index contributed by atoms with van der Waals surface area (Å²) in [6, 6.07) is 9.94. The standard InChI is InChI=1S/C16H10N4O2/c1-2-7-20-13-6-4-3-5-11(13)8-14(20)16-18-15(19-22-16)12-9-21-10-17-12/h1,3-6,8-10H,7H2. The number of benzene rings is 1. The molecule has 0 aliphatic heterocycles. The van der Waals surface area contributed by atoms with Crippen LogP contribution in [-0.2, 0) is 6.54 Å². The number of rotatable bonds is 3. The molecule has 6 nitrogen and oxygen atoms in total. The zero-order chi connectivity index (χ0) is 14.9. The molecule has 106 valence electrons. The summed E-state index contributed by atoms with van der Waals surface area (Å²) >= 11 is 0. The lowest BCUT2D eigenvalue weighted by Crippen LogP contribution is -1.97. The Kier molecular flexibility index (Phi) is 2.76. The zero-order valence-corrected chi connectivity index (χ0v) is 11.4. The van der Waals surface area contributed by atoms with Crippen molar-refractivity contribution in [1.29, 1.82) is 0 Å². The second-order valence-electron chi connectivity index (χ2n) is 4.68. The average Bonchev–Trinajstić information content (AvgIpc) is 3.27. The average molecular weight is 290 g/mol. The van der Waals surface area contributed by atoms with Crippen LogP contribution >= 0.6 is 0 Å². The predicted molar refractivity (Wildman–Crippen MR) is 79.6 cm³/mol. The van der Waals surface area contributed by atoms with Crippen molar-refractivity contribution < 1.29 is 8.94 Å². The molecule has 0 aliphatic carbocycles. The molecular weight excluding hydrogens is 280 g/mol. The van der Waals surface area contributed by atoms with Crippen LogP contribution in [0.1, 0.15) is 0 Å². The summed E-state index contributed by atoms with van der Waals surface area (Å²) in [6.45, 7) is 0.421. The molecule has 4 rings (SSSR count). The summed E-state index contributed by atoms with van der Waals surface area (Å²) in [5.41, 5.74) is 2.33. The summed E-state index contributed by atoms with van der Waals surface area (Å²) in [7, 11) is 0. The number of nitrogens with zero attached hydrogens (tertiary/aromatic N) is 4. The fourth-order valence-corrected chi connectivity index (χ4v) is 2.40. The number of fused-ring (bicyclic) bond motifs is 1. The molecule has 0 spiro atoms. The minimum absolute atomic E-state index is 0.376. The molecule has 0 unspecified atom stereocenters. The SMILES string of the molecule is C#CCn1c(-c2nc(-c3cocn3)no2)cc2ccccc21. The van der Waals surface area contributed by atoms with Crippen molar-refractivity contribution in [3.63, 3.8) is 0 Å². The lowest BCUT2D eigenvalue weighted by Gasteiger charge is -2.03. The highest BCUT2D eigenvalue weighted by Crippen LogP contribution is 2.28. The lowest BCUT2D eigenvalue weighted by molar-refractivity contribution is 0.429. The number of para-hydroxylation sites is 1. The Balaban J connectivity index is 1.87.